The second kappa shape index (κ2) is 9.07. The van der Waals surface area contributed by atoms with Gasteiger partial charge in [0.1, 0.15) is 5.75 Å². The summed E-state index contributed by atoms with van der Waals surface area (Å²) in [6.07, 6.45) is 1.58. The number of aliphatic imine (C=N–C) groups is 1. The smallest absolute Gasteiger partial charge is 0.227 e. The number of aromatic hydroxyl groups is 1. The van der Waals surface area contributed by atoms with E-state index in [0.717, 1.165) is 42.3 Å². The van der Waals surface area contributed by atoms with Crippen LogP contribution in [0.15, 0.2) is 53.5 Å². The molecule has 6 nitrogen and oxygen atoms in total. The van der Waals surface area contributed by atoms with Crippen molar-refractivity contribution in [2.24, 2.45) is 4.99 Å². The minimum absolute atomic E-state index is 0.205. The van der Waals surface area contributed by atoms with Crippen molar-refractivity contribution in [2.75, 3.05) is 18.0 Å². The molecule has 1 saturated heterocycles. The highest BCUT2D eigenvalue weighted by atomic mass is 16.3. The Balaban J connectivity index is 1.57. The molecule has 0 atom stereocenters. The summed E-state index contributed by atoms with van der Waals surface area (Å²) in [6.45, 7) is 4.79. The van der Waals surface area contributed by atoms with Crippen molar-refractivity contribution < 1.29 is 9.90 Å². The summed E-state index contributed by atoms with van der Waals surface area (Å²) < 4.78 is 0. The van der Waals surface area contributed by atoms with E-state index in [9.17, 15) is 9.90 Å². The first kappa shape index (κ1) is 18.8. The van der Waals surface area contributed by atoms with Gasteiger partial charge in [0.05, 0.1) is 6.54 Å². The highest BCUT2D eigenvalue weighted by Crippen LogP contribution is 2.21. The zero-order chi connectivity index (χ0) is 19.1. The van der Waals surface area contributed by atoms with Crippen LogP contribution >= 0.6 is 0 Å². The van der Waals surface area contributed by atoms with Crippen LogP contribution in [-0.2, 0) is 17.9 Å². The van der Waals surface area contributed by atoms with Crippen molar-refractivity contribution in [1.29, 1.82) is 0 Å². The van der Waals surface area contributed by atoms with Crippen LogP contribution in [-0.4, -0.2) is 30.1 Å². The first-order chi connectivity index (χ1) is 13.2. The topological polar surface area (TPSA) is 77.0 Å². The highest BCUT2D eigenvalue weighted by molar-refractivity contribution is 5.95. The molecule has 1 fully saturated rings. The van der Waals surface area contributed by atoms with Crippen LogP contribution in [0.2, 0.25) is 0 Å². The zero-order valence-corrected chi connectivity index (χ0v) is 15.6. The number of benzene rings is 2. The summed E-state index contributed by atoms with van der Waals surface area (Å²) in [5.74, 6) is 1.20. The van der Waals surface area contributed by atoms with E-state index in [1.807, 2.05) is 48.2 Å². The van der Waals surface area contributed by atoms with Crippen molar-refractivity contribution in [3.63, 3.8) is 0 Å². The molecular formula is C21H26N4O2. The number of phenolic OH excluding ortho intramolecular Hbond substituents is 1. The number of guanidine groups is 1. The molecule has 1 aliphatic heterocycles. The first-order valence-corrected chi connectivity index (χ1v) is 9.35. The van der Waals surface area contributed by atoms with Crippen LogP contribution in [0.25, 0.3) is 0 Å². The zero-order valence-electron chi connectivity index (χ0n) is 15.6. The van der Waals surface area contributed by atoms with Gasteiger partial charge < -0.3 is 20.6 Å². The van der Waals surface area contributed by atoms with Crippen LogP contribution in [0, 0.1) is 0 Å². The maximum absolute atomic E-state index is 11.8. The van der Waals surface area contributed by atoms with Crippen LogP contribution in [0.1, 0.15) is 30.9 Å². The van der Waals surface area contributed by atoms with E-state index in [1.165, 1.54) is 0 Å². The number of hydrogen-bond donors (Lipinski definition) is 3. The Labute approximate surface area is 159 Å². The third-order valence-electron chi connectivity index (χ3n) is 4.48. The van der Waals surface area contributed by atoms with Gasteiger partial charge in [-0.2, -0.15) is 0 Å². The first-order valence-electron chi connectivity index (χ1n) is 9.35. The van der Waals surface area contributed by atoms with Crippen molar-refractivity contribution in [3.05, 3.63) is 59.7 Å². The van der Waals surface area contributed by atoms with E-state index in [4.69, 9.17) is 0 Å². The van der Waals surface area contributed by atoms with Crippen LogP contribution in [0.5, 0.6) is 5.75 Å². The number of rotatable bonds is 6. The van der Waals surface area contributed by atoms with Crippen molar-refractivity contribution >= 4 is 17.6 Å². The third kappa shape index (κ3) is 5.23. The lowest BCUT2D eigenvalue weighted by atomic mass is 10.2. The summed E-state index contributed by atoms with van der Waals surface area (Å²) >= 11 is 0. The van der Waals surface area contributed by atoms with E-state index in [1.54, 1.807) is 12.1 Å². The van der Waals surface area contributed by atoms with Crippen LogP contribution in [0.3, 0.4) is 0 Å². The molecule has 27 heavy (non-hydrogen) atoms. The van der Waals surface area contributed by atoms with E-state index >= 15 is 0 Å². The number of carbonyl (C=O) groups excluding carboxylic acids is 1. The fourth-order valence-corrected chi connectivity index (χ4v) is 3.01. The van der Waals surface area contributed by atoms with Gasteiger partial charge in [0, 0.05) is 31.7 Å². The lowest BCUT2D eigenvalue weighted by Gasteiger charge is -2.16. The van der Waals surface area contributed by atoms with Gasteiger partial charge >= 0.3 is 0 Å². The largest absolute Gasteiger partial charge is 0.508 e. The number of anilines is 1. The number of nitrogens with zero attached hydrogens (tertiary/aromatic N) is 2. The van der Waals surface area contributed by atoms with E-state index in [2.05, 4.69) is 15.6 Å². The van der Waals surface area contributed by atoms with Gasteiger partial charge in [0.25, 0.3) is 0 Å². The van der Waals surface area contributed by atoms with Crippen molar-refractivity contribution in [3.8, 4) is 5.75 Å². The highest BCUT2D eigenvalue weighted by Gasteiger charge is 2.21. The van der Waals surface area contributed by atoms with Gasteiger partial charge in [-0.3, -0.25) is 4.79 Å². The van der Waals surface area contributed by atoms with Gasteiger partial charge in [-0.1, -0.05) is 24.3 Å². The SMILES string of the molecule is CCNC(=NCc1ccc(O)cc1)NCc1ccc(N2CCCC2=O)cc1. The summed E-state index contributed by atoms with van der Waals surface area (Å²) in [5, 5.41) is 15.9. The van der Waals surface area contributed by atoms with Gasteiger partial charge in [0.15, 0.2) is 5.96 Å². The molecule has 0 bridgehead atoms. The molecule has 0 unspecified atom stereocenters. The Bertz CT molecular complexity index is 785. The van der Waals surface area contributed by atoms with E-state index in [-0.39, 0.29) is 11.7 Å². The van der Waals surface area contributed by atoms with Crippen LogP contribution in [0.4, 0.5) is 5.69 Å². The van der Waals surface area contributed by atoms with Gasteiger partial charge in [0.2, 0.25) is 5.91 Å². The fraction of sp³-hybridized carbons (Fsp3) is 0.333. The third-order valence-corrected chi connectivity index (χ3v) is 4.48. The quantitative estimate of drug-likeness (QED) is 0.543. The number of hydrogen-bond acceptors (Lipinski definition) is 3. The predicted octanol–water partition coefficient (Wildman–Crippen LogP) is 2.77. The Morgan fingerprint density at radius 1 is 1.07 bits per heavy atom. The van der Waals surface area contributed by atoms with Gasteiger partial charge in [-0.25, -0.2) is 4.99 Å². The van der Waals surface area contributed by atoms with Crippen molar-refractivity contribution in [2.45, 2.75) is 32.9 Å². The number of carbonyl (C=O) groups is 1. The lowest BCUT2D eigenvalue weighted by molar-refractivity contribution is -0.117. The molecule has 2 aromatic carbocycles. The molecule has 1 aliphatic rings. The standard InChI is InChI=1S/C21H26N4O2/c1-2-22-21(24-15-17-7-11-19(26)12-8-17)23-14-16-5-9-18(10-6-16)25-13-3-4-20(25)27/h5-12,26H,2-4,13-15H2,1H3,(H2,22,23,24). The fourth-order valence-electron chi connectivity index (χ4n) is 3.01. The maximum atomic E-state index is 11.8. The summed E-state index contributed by atoms with van der Waals surface area (Å²) in [4.78, 5) is 18.3. The van der Waals surface area contributed by atoms with E-state index in [0.29, 0.717) is 19.5 Å². The molecule has 0 aromatic heterocycles. The normalized spacial score (nSPS) is 14.5. The van der Waals surface area contributed by atoms with E-state index < -0.39 is 0 Å². The molecule has 0 spiro atoms. The maximum Gasteiger partial charge on any atom is 0.227 e. The molecular weight excluding hydrogens is 340 g/mol. The molecule has 142 valence electrons. The molecule has 3 N–H and O–H groups in total. The van der Waals surface area contributed by atoms with Gasteiger partial charge in [-0.05, 0) is 48.7 Å². The molecule has 2 aromatic rings. The Morgan fingerprint density at radius 3 is 2.41 bits per heavy atom. The predicted molar refractivity (Wildman–Crippen MR) is 108 cm³/mol. The average Bonchev–Trinajstić information content (AvgIpc) is 3.11. The average molecular weight is 366 g/mol. The minimum atomic E-state index is 0.205. The molecule has 0 saturated carbocycles. The molecule has 0 aliphatic carbocycles. The Hall–Kier alpha value is -3.02. The van der Waals surface area contributed by atoms with Crippen molar-refractivity contribution in [1.82, 2.24) is 10.6 Å². The number of nitrogens with one attached hydrogen (secondary N) is 2. The summed E-state index contributed by atoms with van der Waals surface area (Å²) in [7, 11) is 0. The Kier molecular flexibility index (Phi) is 6.30. The second-order valence-corrected chi connectivity index (χ2v) is 6.53. The molecule has 3 rings (SSSR count). The number of phenols is 1. The monoisotopic (exact) mass is 366 g/mol. The number of amides is 1. The molecule has 1 amide bonds. The molecule has 1 heterocycles. The molecule has 0 radical (unpaired) electrons. The minimum Gasteiger partial charge on any atom is -0.508 e. The summed E-state index contributed by atoms with van der Waals surface area (Å²) in [6, 6.07) is 15.1. The van der Waals surface area contributed by atoms with Crippen LogP contribution < -0.4 is 15.5 Å². The Morgan fingerprint density at radius 2 is 1.78 bits per heavy atom. The summed E-state index contributed by atoms with van der Waals surface area (Å²) in [5.41, 5.74) is 3.12. The van der Waals surface area contributed by atoms with Gasteiger partial charge in [-0.15, -0.1) is 0 Å². The second-order valence-electron chi connectivity index (χ2n) is 6.53. The molecule has 6 heteroatoms. The lowest BCUT2D eigenvalue weighted by Crippen LogP contribution is -2.36.